The van der Waals surface area contributed by atoms with E-state index in [9.17, 15) is 9.90 Å². The monoisotopic (exact) mass is 376 g/mol. The summed E-state index contributed by atoms with van der Waals surface area (Å²) in [4.78, 5) is 18.6. The zero-order chi connectivity index (χ0) is 18.3. The number of rotatable bonds is 5. The van der Waals surface area contributed by atoms with E-state index in [0.29, 0.717) is 10.8 Å². The Morgan fingerprint density at radius 1 is 1.54 bits per heavy atom. The lowest BCUT2D eigenvalue weighted by atomic mass is 9.94. The van der Waals surface area contributed by atoms with Crippen molar-refractivity contribution in [1.29, 1.82) is 0 Å². The van der Waals surface area contributed by atoms with Gasteiger partial charge in [-0.25, -0.2) is 4.98 Å². The van der Waals surface area contributed by atoms with Gasteiger partial charge in [0.1, 0.15) is 4.88 Å². The number of carbonyl (C=O) groups excluding carboxylic acids is 1. The van der Waals surface area contributed by atoms with Crippen molar-refractivity contribution in [2.75, 3.05) is 13.1 Å². The van der Waals surface area contributed by atoms with Crippen LogP contribution in [0.2, 0.25) is 0 Å². The molecular weight excluding hydrogens is 354 g/mol. The van der Waals surface area contributed by atoms with E-state index in [4.69, 9.17) is 10.2 Å². The first-order chi connectivity index (χ1) is 12.6. The van der Waals surface area contributed by atoms with Gasteiger partial charge >= 0.3 is 0 Å². The van der Waals surface area contributed by atoms with Crippen LogP contribution in [0.5, 0.6) is 5.88 Å². The van der Waals surface area contributed by atoms with E-state index >= 15 is 0 Å². The predicted molar refractivity (Wildman–Crippen MR) is 95.1 cm³/mol. The molecule has 26 heavy (non-hydrogen) atoms. The van der Waals surface area contributed by atoms with E-state index in [1.165, 1.54) is 20.8 Å². The number of aromatic nitrogens is 3. The Kier molecular flexibility index (Phi) is 4.41. The number of thiazole rings is 1. The van der Waals surface area contributed by atoms with Crippen molar-refractivity contribution >= 4 is 22.2 Å². The number of fused-ring (bicyclic) bond motifs is 1. The van der Waals surface area contributed by atoms with E-state index < -0.39 is 0 Å². The fourth-order valence-corrected chi connectivity index (χ4v) is 4.80. The van der Waals surface area contributed by atoms with Crippen LogP contribution in [0.25, 0.3) is 4.96 Å². The number of nitrogens with one attached hydrogen (secondary N) is 1. The Bertz CT molecular complexity index is 909. The Balaban J connectivity index is 1.70. The molecule has 0 saturated carbocycles. The summed E-state index contributed by atoms with van der Waals surface area (Å²) < 4.78 is 7.19. The van der Waals surface area contributed by atoms with E-state index in [1.807, 2.05) is 19.1 Å². The molecular formula is C17H22N5O3S+. The number of hydrogen-bond donors (Lipinski definition) is 3. The zero-order valence-corrected chi connectivity index (χ0v) is 15.3. The van der Waals surface area contributed by atoms with E-state index in [-0.39, 0.29) is 23.7 Å². The maximum Gasteiger partial charge on any atom is 0.235 e. The van der Waals surface area contributed by atoms with Crippen LogP contribution in [0.1, 0.15) is 42.3 Å². The molecule has 1 atom stereocenters. The molecule has 8 nitrogen and oxygen atoms in total. The van der Waals surface area contributed by atoms with E-state index in [1.54, 1.807) is 6.26 Å². The normalized spacial score (nSPS) is 21.9. The summed E-state index contributed by atoms with van der Waals surface area (Å²) in [5.74, 6) is 1.31. The summed E-state index contributed by atoms with van der Waals surface area (Å²) in [6.07, 6.45) is 3.84. The van der Waals surface area contributed by atoms with Crippen molar-refractivity contribution in [1.82, 2.24) is 14.6 Å². The molecule has 4 rings (SSSR count). The molecule has 4 N–H and O–H groups in total. The van der Waals surface area contributed by atoms with Crippen LogP contribution in [-0.2, 0) is 11.2 Å². The zero-order valence-electron chi connectivity index (χ0n) is 14.5. The number of likely N-dealkylation sites (tertiary alicyclic amines) is 1. The van der Waals surface area contributed by atoms with Crippen LogP contribution in [0.3, 0.4) is 0 Å². The Hall–Kier alpha value is -2.39. The van der Waals surface area contributed by atoms with Crippen molar-refractivity contribution in [3.63, 3.8) is 0 Å². The van der Waals surface area contributed by atoms with Gasteiger partial charge in [0.2, 0.25) is 16.7 Å². The molecule has 1 aliphatic rings. The SMILES string of the molecule is CCc1nc2sc([C@H](c3ccco3)[NH+]3CCC(C(N)=O)CC3)c(O)n2n1. The van der Waals surface area contributed by atoms with Crippen LogP contribution in [0.15, 0.2) is 22.8 Å². The first kappa shape index (κ1) is 17.0. The van der Waals surface area contributed by atoms with Crippen molar-refractivity contribution < 1.29 is 19.2 Å². The second-order valence-electron chi connectivity index (χ2n) is 6.65. The second kappa shape index (κ2) is 6.73. The molecule has 4 heterocycles. The van der Waals surface area contributed by atoms with Gasteiger partial charge in [-0.05, 0) is 12.1 Å². The smallest absolute Gasteiger partial charge is 0.235 e. The lowest BCUT2D eigenvalue weighted by molar-refractivity contribution is -0.931. The van der Waals surface area contributed by atoms with Gasteiger partial charge in [0.15, 0.2) is 17.6 Å². The second-order valence-corrected chi connectivity index (χ2v) is 7.66. The third kappa shape index (κ3) is 2.86. The Morgan fingerprint density at radius 3 is 2.88 bits per heavy atom. The summed E-state index contributed by atoms with van der Waals surface area (Å²) in [5.41, 5.74) is 5.46. The van der Waals surface area contributed by atoms with Crippen molar-refractivity contribution in [3.8, 4) is 5.88 Å². The lowest BCUT2D eigenvalue weighted by Crippen LogP contribution is -3.13. The fraction of sp³-hybridized carbons (Fsp3) is 0.471. The summed E-state index contributed by atoms with van der Waals surface area (Å²) in [5, 5.41) is 15.1. The number of aromatic hydroxyl groups is 1. The molecule has 1 fully saturated rings. The van der Waals surface area contributed by atoms with Gasteiger partial charge in [-0.1, -0.05) is 18.3 Å². The number of amides is 1. The molecule has 138 valence electrons. The summed E-state index contributed by atoms with van der Waals surface area (Å²) in [6, 6.07) is 3.61. The molecule has 0 unspecified atom stereocenters. The summed E-state index contributed by atoms with van der Waals surface area (Å²) in [6.45, 7) is 3.55. The minimum absolute atomic E-state index is 0.0703. The summed E-state index contributed by atoms with van der Waals surface area (Å²) >= 11 is 1.43. The standard InChI is InChI=1S/C17H21N5O3S/c1-2-12-19-17-22(20-12)16(24)14(26-17)13(11-4-3-9-25-11)21-7-5-10(6-8-21)15(18)23/h3-4,9-10,13,24H,2,5-8H2,1H3,(H2,18,23)/p+1/t13-/m0/s1. The van der Waals surface area contributed by atoms with Crippen molar-refractivity contribution in [3.05, 3.63) is 34.9 Å². The highest BCUT2D eigenvalue weighted by molar-refractivity contribution is 7.17. The van der Waals surface area contributed by atoms with E-state index in [0.717, 1.165) is 43.0 Å². The van der Waals surface area contributed by atoms with E-state index in [2.05, 4.69) is 10.1 Å². The Morgan fingerprint density at radius 2 is 2.31 bits per heavy atom. The number of nitrogens with two attached hydrogens (primary N) is 1. The van der Waals surface area contributed by atoms with Gasteiger partial charge in [-0.2, -0.15) is 4.52 Å². The van der Waals surface area contributed by atoms with Gasteiger partial charge in [0.25, 0.3) is 0 Å². The van der Waals surface area contributed by atoms with Gasteiger partial charge in [-0.3, -0.25) is 4.79 Å². The van der Waals surface area contributed by atoms with Gasteiger partial charge in [0, 0.05) is 25.2 Å². The van der Waals surface area contributed by atoms with Crippen LogP contribution in [-0.4, -0.2) is 38.7 Å². The molecule has 3 aromatic heterocycles. The molecule has 9 heteroatoms. The van der Waals surface area contributed by atoms with Gasteiger partial charge in [0.05, 0.1) is 19.4 Å². The minimum Gasteiger partial charge on any atom is -0.492 e. The highest BCUT2D eigenvalue weighted by Gasteiger charge is 2.38. The highest BCUT2D eigenvalue weighted by atomic mass is 32.1. The first-order valence-electron chi connectivity index (χ1n) is 8.83. The van der Waals surface area contributed by atoms with Crippen LogP contribution in [0, 0.1) is 5.92 Å². The number of quaternary nitrogens is 1. The Labute approximate surface area is 154 Å². The quantitative estimate of drug-likeness (QED) is 0.601. The minimum atomic E-state index is -0.229. The third-order valence-corrected chi connectivity index (χ3v) is 6.17. The molecule has 3 aromatic rings. The van der Waals surface area contributed by atoms with Crippen molar-refractivity contribution in [2.45, 2.75) is 32.2 Å². The highest BCUT2D eigenvalue weighted by Crippen LogP contribution is 2.35. The molecule has 0 radical (unpaired) electrons. The predicted octanol–water partition coefficient (Wildman–Crippen LogP) is 0.521. The summed E-state index contributed by atoms with van der Waals surface area (Å²) in [7, 11) is 0. The van der Waals surface area contributed by atoms with Gasteiger partial charge < -0.3 is 20.2 Å². The number of piperidine rings is 1. The molecule has 0 spiro atoms. The molecule has 0 bridgehead atoms. The number of aryl methyl sites for hydroxylation is 1. The first-order valence-corrected chi connectivity index (χ1v) is 9.64. The fourth-order valence-electron chi connectivity index (χ4n) is 3.66. The lowest BCUT2D eigenvalue weighted by Gasteiger charge is -2.32. The average molecular weight is 376 g/mol. The van der Waals surface area contributed by atoms with Crippen LogP contribution >= 0.6 is 11.3 Å². The molecule has 1 aliphatic heterocycles. The van der Waals surface area contributed by atoms with Crippen LogP contribution in [0.4, 0.5) is 0 Å². The van der Waals surface area contributed by atoms with Gasteiger partial charge in [-0.15, -0.1) is 5.10 Å². The number of primary amides is 1. The number of hydrogen-bond acceptors (Lipinski definition) is 6. The number of furan rings is 1. The molecule has 0 aliphatic carbocycles. The molecule has 1 amide bonds. The maximum atomic E-state index is 11.5. The maximum absolute atomic E-state index is 11.5. The number of nitrogens with zero attached hydrogens (tertiary/aromatic N) is 3. The molecule has 0 aromatic carbocycles. The average Bonchev–Trinajstić information content (AvgIpc) is 3.35. The molecule has 1 saturated heterocycles. The van der Waals surface area contributed by atoms with Crippen molar-refractivity contribution in [2.24, 2.45) is 11.7 Å². The largest absolute Gasteiger partial charge is 0.492 e. The van der Waals surface area contributed by atoms with Crippen LogP contribution < -0.4 is 10.6 Å². The topological polar surface area (TPSA) is 111 Å². The number of carbonyl (C=O) groups is 1. The third-order valence-electron chi connectivity index (χ3n) is 5.09.